The molecule has 1 heterocycles. The molecule has 0 spiro atoms. The van der Waals surface area contributed by atoms with Crippen LogP contribution >= 0.6 is 22.9 Å². The molecule has 0 atom stereocenters. The molecule has 1 amide bonds. The van der Waals surface area contributed by atoms with E-state index in [0.717, 1.165) is 12.8 Å². The van der Waals surface area contributed by atoms with E-state index in [0.29, 0.717) is 17.3 Å². The molecule has 5 heteroatoms. The molecular weight excluding hydrogens is 354 g/mol. The maximum Gasteiger partial charge on any atom is 0.263 e. The van der Waals surface area contributed by atoms with Gasteiger partial charge in [0.05, 0.1) is 0 Å². The molecule has 1 aliphatic rings. The van der Waals surface area contributed by atoms with Gasteiger partial charge in [-0.25, -0.2) is 0 Å². The summed E-state index contributed by atoms with van der Waals surface area (Å²) < 4.78 is 5.89. The van der Waals surface area contributed by atoms with E-state index in [-0.39, 0.29) is 11.3 Å². The molecule has 0 radical (unpaired) electrons. The standard InChI is InChI=1S/C20H24ClNO2S/c1-19(2,24-17-7-5-16(21)6-8-17)18(23)22-14-20(10-3-4-11-20)15-9-12-25-13-15/h5-9,12-13H,3-4,10-11,14H2,1-2H3,(H,22,23). The second kappa shape index (κ2) is 7.38. The van der Waals surface area contributed by atoms with Crippen LogP contribution in [0.5, 0.6) is 5.75 Å². The molecule has 1 aromatic heterocycles. The fraction of sp³-hybridized carbons (Fsp3) is 0.450. The zero-order valence-electron chi connectivity index (χ0n) is 14.7. The van der Waals surface area contributed by atoms with Gasteiger partial charge in [0.15, 0.2) is 5.60 Å². The second-order valence-electron chi connectivity index (χ2n) is 7.25. The summed E-state index contributed by atoms with van der Waals surface area (Å²) in [6, 6.07) is 9.27. The number of carbonyl (C=O) groups is 1. The Labute approximate surface area is 158 Å². The zero-order chi connectivity index (χ0) is 17.9. The van der Waals surface area contributed by atoms with Crippen LogP contribution in [0.25, 0.3) is 0 Å². The minimum absolute atomic E-state index is 0.0754. The van der Waals surface area contributed by atoms with Crippen molar-refractivity contribution in [2.75, 3.05) is 6.54 Å². The first kappa shape index (κ1) is 18.3. The van der Waals surface area contributed by atoms with Gasteiger partial charge >= 0.3 is 0 Å². The van der Waals surface area contributed by atoms with Crippen LogP contribution in [-0.4, -0.2) is 18.1 Å². The molecular formula is C20H24ClNO2S. The first-order valence-corrected chi connectivity index (χ1v) is 9.99. The number of rotatable bonds is 6. The molecule has 1 saturated carbocycles. The topological polar surface area (TPSA) is 38.3 Å². The first-order chi connectivity index (χ1) is 11.9. The average molecular weight is 378 g/mol. The normalized spacial score (nSPS) is 16.6. The lowest BCUT2D eigenvalue weighted by Crippen LogP contribution is -2.50. The number of ether oxygens (including phenoxy) is 1. The fourth-order valence-electron chi connectivity index (χ4n) is 3.49. The smallest absolute Gasteiger partial charge is 0.263 e. The number of nitrogens with one attached hydrogen (secondary N) is 1. The van der Waals surface area contributed by atoms with E-state index >= 15 is 0 Å². The largest absolute Gasteiger partial charge is 0.478 e. The van der Waals surface area contributed by atoms with Gasteiger partial charge in [-0.15, -0.1) is 0 Å². The van der Waals surface area contributed by atoms with Crippen molar-refractivity contribution in [3.63, 3.8) is 0 Å². The van der Waals surface area contributed by atoms with Crippen molar-refractivity contribution in [1.82, 2.24) is 5.32 Å². The molecule has 1 aliphatic carbocycles. The summed E-state index contributed by atoms with van der Waals surface area (Å²) in [6.45, 7) is 4.25. The monoisotopic (exact) mass is 377 g/mol. The molecule has 0 aliphatic heterocycles. The highest BCUT2D eigenvalue weighted by atomic mass is 35.5. The number of hydrogen-bond acceptors (Lipinski definition) is 3. The van der Waals surface area contributed by atoms with Crippen molar-refractivity contribution < 1.29 is 9.53 Å². The summed E-state index contributed by atoms with van der Waals surface area (Å²) >= 11 is 7.62. The average Bonchev–Trinajstić information content (AvgIpc) is 3.26. The Bertz CT molecular complexity index is 704. The minimum atomic E-state index is -0.942. The highest BCUT2D eigenvalue weighted by Gasteiger charge is 2.38. The third kappa shape index (κ3) is 4.18. The molecule has 1 N–H and O–H groups in total. The molecule has 0 saturated heterocycles. The summed E-state index contributed by atoms with van der Waals surface area (Å²) in [5, 5.41) is 8.12. The van der Waals surface area contributed by atoms with Gasteiger partial charge in [0.1, 0.15) is 5.75 Å². The van der Waals surface area contributed by atoms with E-state index in [4.69, 9.17) is 16.3 Å². The number of thiophene rings is 1. The molecule has 1 fully saturated rings. The van der Waals surface area contributed by atoms with E-state index in [2.05, 4.69) is 22.1 Å². The molecule has 2 aromatic rings. The van der Waals surface area contributed by atoms with Crippen molar-refractivity contribution in [2.45, 2.75) is 50.5 Å². The van der Waals surface area contributed by atoms with Gasteiger partial charge in [0, 0.05) is 17.0 Å². The maximum atomic E-state index is 12.7. The Hall–Kier alpha value is -1.52. The van der Waals surface area contributed by atoms with E-state index in [9.17, 15) is 4.79 Å². The lowest BCUT2D eigenvalue weighted by Gasteiger charge is -2.31. The van der Waals surface area contributed by atoms with Crippen LogP contribution in [-0.2, 0) is 10.2 Å². The Morgan fingerprint density at radius 3 is 2.52 bits per heavy atom. The van der Waals surface area contributed by atoms with Crippen molar-refractivity contribution in [1.29, 1.82) is 0 Å². The van der Waals surface area contributed by atoms with Gasteiger partial charge in [-0.05, 0) is 73.3 Å². The zero-order valence-corrected chi connectivity index (χ0v) is 16.3. The van der Waals surface area contributed by atoms with Gasteiger partial charge in [0.25, 0.3) is 5.91 Å². The number of hydrogen-bond donors (Lipinski definition) is 1. The Kier molecular flexibility index (Phi) is 5.40. The molecule has 134 valence electrons. The van der Waals surface area contributed by atoms with E-state index < -0.39 is 5.60 Å². The third-order valence-electron chi connectivity index (χ3n) is 5.02. The highest BCUT2D eigenvalue weighted by molar-refractivity contribution is 7.08. The van der Waals surface area contributed by atoms with Crippen LogP contribution in [0.1, 0.15) is 45.1 Å². The van der Waals surface area contributed by atoms with Gasteiger partial charge in [-0.3, -0.25) is 4.79 Å². The van der Waals surface area contributed by atoms with Gasteiger partial charge in [0.2, 0.25) is 0 Å². The van der Waals surface area contributed by atoms with Gasteiger partial charge in [-0.2, -0.15) is 11.3 Å². The highest BCUT2D eigenvalue weighted by Crippen LogP contribution is 2.41. The van der Waals surface area contributed by atoms with Gasteiger partial charge < -0.3 is 10.1 Å². The van der Waals surface area contributed by atoms with E-state index in [1.54, 1.807) is 49.4 Å². The summed E-state index contributed by atoms with van der Waals surface area (Å²) in [7, 11) is 0. The number of amides is 1. The van der Waals surface area contributed by atoms with Crippen LogP contribution in [0.4, 0.5) is 0 Å². The van der Waals surface area contributed by atoms with Crippen LogP contribution in [0.2, 0.25) is 5.02 Å². The number of halogens is 1. The van der Waals surface area contributed by atoms with Crippen molar-refractivity contribution in [3.8, 4) is 5.75 Å². The molecule has 0 unspecified atom stereocenters. The number of carbonyl (C=O) groups excluding carboxylic acids is 1. The summed E-state index contributed by atoms with van der Waals surface area (Å²) in [5.74, 6) is 0.543. The fourth-order valence-corrected chi connectivity index (χ4v) is 4.40. The van der Waals surface area contributed by atoms with Gasteiger partial charge in [-0.1, -0.05) is 24.4 Å². The Morgan fingerprint density at radius 2 is 1.92 bits per heavy atom. The first-order valence-electron chi connectivity index (χ1n) is 8.67. The number of benzene rings is 1. The quantitative estimate of drug-likeness (QED) is 0.752. The van der Waals surface area contributed by atoms with Crippen LogP contribution < -0.4 is 10.1 Å². The van der Waals surface area contributed by atoms with E-state index in [1.165, 1.54) is 18.4 Å². The van der Waals surface area contributed by atoms with Crippen molar-refractivity contribution >= 4 is 28.8 Å². The Balaban J connectivity index is 1.65. The molecule has 1 aromatic carbocycles. The van der Waals surface area contributed by atoms with Crippen LogP contribution in [0.15, 0.2) is 41.1 Å². The van der Waals surface area contributed by atoms with Crippen LogP contribution in [0.3, 0.4) is 0 Å². The summed E-state index contributed by atoms with van der Waals surface area (Å²) in [5.41, 5.74) is 0.487. The Morgan fingerprint density at radius 1 is 1.24 bits per heavy atom. The maximum absolute atomic E-state index is 12.7. The minimum Gasteiger partial charge on any atom is -0.478 e. The summed E-state index contributed by atoms with van der Waals surface area (Å²) in [6.07, 6.45) is 4.69. The predicted octanol–water partition coefficient (Wildman–Crippen LogP) is 5.19. The third-order valence-corrected chi connectivity index (χ3v) is 5.95. The van der Waals surface area contributed by atoms with Crippen molar-refractivity contribution in [3.05, 3.63) is 51.7 Å². The lowest BCUT2D eigenvalue weighted by atomic mass is 9.80. The predicted molar refractivity (Wildman–Crippen MR) is 104 cm³/mol. The summed E-state index contributed by atoms with van der Waals surface area (Å²) in [4.78, 5) is 12.7. The molecule has 0 bridgehead atoms. The lowest BCUT2D eigenvalue weighted by molar-refractivity contribution is -0.134. The van der Waals surface area contributed by atoms with Crippen molar-refractivity contribution in [2.24, 2.45) is 0 Å². The molecule has 3 rings (SSSR count). The SMILES string of the molecule is CC(C)(Oc1ccc(Cl)cc1)C(=O)NCC1(c2ccsc2)CCCC1. The second-order valence-corrected chi connectivity index (χ2v) is 8.46. The van der Waals surface area contributed by atoms with Crippen LogP contribution in [0, 0.1) is 0 Å². The van der Waals surface area contributed by atoms with E-state index in [1.807, 2.05) is 0 Å². The molecule has 3 nitrogen and oxygen atoms in total. The molecule has 25 heavy (non-hydrogen) atoms.